The van der Waals surface area contributed by atoms with Crippen molar-refractivity contribution in [3.63, 3.8) is 0 Å². The Kier molecular flexibility index (Phi) is 5.67. The Hall–Kier alpha value is -2.15. The molecular formula is C18H21F3N2O2. The van der Waals surface area contributed by atoms with E-state index in [1.807, 2.05) is 13.8 Å². The van der Waals surface area contributed by atoms with Crippen molar-refractivity contribution in [1.29, 1.82) is 0 Å². The monoisotopic (exact) mass is 354 g/mol. The van der Waals surface area contributed by atoms with Gasteiger partial charge < -0.3 is 5.11 Å². The third-order valence-electron chi connectivity index (χ3n) is 4.45. The van der Waals surface area contributed by atoms with E-state index in [4.69, 9.17) is 0 Å². The smallest absolute Gasteiger partial charge is 0.389 e. The van der Waals surface area contributed by atoms with Gasteiger partial charge >= 0.3 is 6.18 Å². The van der Waals surface area contributed by atoms with Gasteiger partial charge in [0, 0.05) is 12.4 Å². The van der Waals surface area contributed by atoms with Crippen molar-refractivity contribution in [3.8, 4) is 0 Å². The van der Waals surface area contributed by atoms with Gasteiger partial charge in [0.25, 0.3) is 0 Å². The van der Waals surface area contributed by atoms with Crippen molar-refractivity contribution in [3.05, 3.63) is 54.1 Å². The summed E-state index contributed by atoms with van der Waals surface area (Å²) in [5.41, 5.74) is -1.27. The lowest BCUT2D eigenvalue weighted by Gasteiger charge is -2.31. The molecule has 0 saturated heterocycles. The lowest BCUT2D eigenvalue weighted by Crippen LogP contribution is -2.39. The van der Waals surface area contributed by atoms with Crippen LogP contribution in [0.5, 0.6) is 0 Å². The van der Waals surface area contributed by atoms with E-state index in [9.17, 15) is 23.1 Å². The number of hydrogen-bond acceptors (Lipinski definition) is 3. The van der Waals surface area contributed by atoms with E-state index < -0.39 is 17.3 Å². The number of halogens is 3. The molecule has 0 spiro atoms. The maximum absolute atomic E-state index is 12.6. The summed E-state index contributed by atoms with van der Waals surface area (Å²) in [6, 6.07) is 4.86. The summed E-state index contributed by atoms with van der Waals surface area (Å²) in [6.07, 6.45) is 0.572. The zero-order valence-electron chi connectivity index (χ0n) is 14.1. The number of benzene rings is 1. The summed E-state index contributed by atoms with van der Waals surface area (Å²) >= 11 is 0. The minimum absolute atomic E-state index is 0.0817. The van der Waals surface area contributed by atoms with Crippen LogP contribution < -0.4 is 0 Å². The Labute approximate surface area is 144 Å². The maximum atomic E-state index is 12.6. The SMILES string of the molecule is CC(C)C(O)(CCc1ccc(C(F)(F)F)cc1)CC(=O)n1ccnc1. The van der Waals surface area contributed by atoms with Crippen LogP contribution in [-0.2, 0) is 12.6 Å². The van der Waals surface area contributed by atoms with Crippen molar-refractivity contribution < 1.29 is 23.1 Å². The summed E-state index contributed by atoms with van der Waals surface area (Å²) < 4.78 is 39.1. The average molecular weight is 354 g/mol. The van der Waals surface area contributed by atoms with E-state index in [1.54, 1.807) is 0 Å². The molecule has 1 unspecified atom stereocenters. The van der Waals surface area contributed by atoms with E-state index in [-0.39, 0.29) is 24.7 Å². The first-order valence-electron chi connectivity index (χ1n) is 8.01. The number of nitrogens with zero attached hydrogens (tertiary/aromatic N) is 2. The molecule has 1 aromatic carbocycles. The number of carbonyl (C=O) groups is 1. The molecule has 1 atom stereocenters. The molecule has 1 aromatic heterocycles. The molecule has 0 radical (unpaired) electrons. The standard InChI is InChI=1S/C18H21F3N2O2/c1-13(2)17(25,11-16(24)23-10-9-22-12-23)8-7-14-3-5-15(6-4-14)18(19,20)21/h3-6,9-10,12-13,25H,7-8,11H2,1-2H3. The van der Waals surface area contributed by atoms with Gasteiger partial charge in [0.2, 0.25) is 5.91 Å². The Morgan fingerprint density at radius 3 is 2.36 bits per heavy atom. The molecule has 136 valence electrons. The van der Waals surface area contributed by atoms with Gasteiger partial charge in [-0.25, -0.2) is 4.98 Å². The van der Waals surface area contributed by atoms with Gasteiger partial charge in [-0.05, 0) is 36.5 Å². The molecule has 0 amide bonds. The molecule has 0 bridgehead atoms. The Balaban J connectivity index is 2.05. The van der Waals surface area contributed by atoms with Crippen molar-refractivity contribution in [1.82, 2.24) is 9.55 Å². The fourth-order valence-electron chi connectivity index (χ4n) is 2.56. The molecule has 0 aliphatic carbocycles. The molecule has 1 heterocycles. The number of rotatable bonds is 6. The Bertz CT molecular complexity index is 694. The molecule has 0 fully saturated rings. The number of hydrogen-bond donors (Lipinski definition) is 1. The molecular weight excluding hydrogens is 333 g/mol. The Morgan fingerprint density at radius 1 is 1.24 bits per heavy atom. The van der Waals surface area contributed by atoms with Gasteiger partial charge in [0.1, 0.15) is 6.33 Å². The second-order valence-corrected chi connectivity index (χ2v) is 6.49. The second-order valence-electron chi connectivity index (χ2n) is 6.49. The van der Waals surface area contributed by atoms with Crippen LogP contribution in [0.4, 0.5) is 13.2 Å². The van der Waals surface area contributed by atoms with Crippen molar-refractivity contribution in [2.75, 3.05) is 0 Å². The van der Waals surface area contributed by atoms with Gasteiger partial charge in [0.15, 0.2) is 0 Å². The largest absolute Gasteiger partial charge is 0.416 e. The van der Waals surface area contributed by atoms with Crippen LogP contribution in [-0.4, -0.2) is 26.2 Å². The van der Waals surface area contributed by atoms with E-state index in [2.05, 4.69) is 4.98 Å². The number of aryl methyl sites for hydroxylation is 1. The molecule has 0 saturated carbocycles. The third-order valence-corrected chi connectivity index (χ3v) is 4.45. The second kappa shape index (κ2) is 7.39. The highest BCUT2D eigenvalue weighted by Crippen LogP contribution is 2.31. The van der Waals surface area contributed by atoms with E-state index in [0.717, 1.165) is 12.1 Å². The van der Waals surface area contributed by atoms with Crippen LogP contribution in [0.3, 0.4) is 0 Å². The van der Waals surface area contributed by atoms with Crippen molar-refractivity contribution >= 4 is 5.91 Å². The fourth-order valence-corrected chi connectivity index (χ4v) is 2.56. The van der Waals surface area contributed by atoms with E-state index in [0.29, 0.717) is 12.0 Å². The lowest BCUT2D eigenvalue weighted by molar-refractivity contribution is -0.137. The zero-order valence-corrected chi connectivity index (χ0v) is 14.1. The minimum Gasteiger partial charge on any atom is -0.389 e. The topological polar surface area (TPSA) is 55.1 Å². The normalized spacial score (nSPS) is 14.5. The first-order chi connectivity index (χ1) is 11.6. The number of alkyl halides is 3. The van der Waals surface area contributed by atoms with E-state index in [1.165, 1.54) is 35.4 Å². The van der Waals surface area contributed by atoms with E-state index >= 15 is 0 Å². The maximum Gasteiger partial charge on any atom is 0.416 e. The highest BCUT2D eigenvalue weighted by atomic mass is 19.4. The number of aromatic nitrogens is 2. The fraction of sp³-hybridized carbons (Fsp3) is 0.444. The van der Waals surface area contributed by atoms with Crippen LogP contribution >= 0.6 is 0 Å². The summed E-state index contributed by atoms with van der Waals surface area (Å²) in [5, 5.41) is 10.9. The molecule has 2 rings (SSSR count). The van der Waals surface area contributed by atoms with Gasteiger partial charge in [-0.15, -0.1) is 0 Å². The molecule has 1 N–H and O–H groups in total. The average Bonchev–Trinajstić information content (AvgIpc) is 3.07. The first-order valence-corrected chi connectivity index (χ1v) is 8.01. The molecule has 2 aromatic rings. The van der Waals surface area contributed by atoms with Crippen molar-refractivity contribution in [2.45, 2.75) is 44.9 Å². The molecule has 25 heavy (non-hydrogen) atoms. The summed E-state index contributed by atoms with van der Waals surface area (Å²) in [6.45, 7) is 3.63. The Morgan fingerprint density at radius 2 is 1.88 bits per heavy atom. The lowest BCUT2D eigenvalue weighted by atomic mass is 9.81. The van der Waals surface area contributed by atoms with Crippen molar-refractivity contribution in [2.24, 2.45) is 5.92 Å². The molecule has 4 nitrogen and oxygen atoms in total. The van der Waals surface area contributed by atoms with Crippen LogP contribution in [0.15, 0.2) is 43.0 Å². The predicted octanol–water partition coefficient (Wildman–Crippen LogP) is 3.95. The van der Waals surface area contributed by atoms with Gasteiger partial charge in [-0.1, -0.05) is 26.0 Å². The van der Waals surface area contributed by atoms with Gasteiger partial charge in [0.05, 0.1) is 17.6 Å². The van der Waals surface area contributed by atoms with Crippen LogP contribution in [0.1, 0.15) is 42.6 Å². The highest BCUT2D eigenvalue weighted by Gasteiger charge is 2.34. The zero-order chi connectivity index (χ0) is 18.7. The molecule has 0 aliphatic heterocycles. The quantitative estimate of drug-likeness (QED) is 0.854. The van der Waals surface area contributed by atoms with Crippen LogP contribution in [0.25, 0.3) is 0 Å². The molecule has 0 aliphatic rings. The number of carbonyl (C=O) groups excluding carboxylic acids is 1. The van der Waals surface area contributed by atoms with Crippen LogP contribution in [0.2, 0.25) is 0 Å². The highest BCUT2D eigenvalue weighted by molar-refractivity contribution is 5.79. The first kappa shape index (κ1) is 19.2. The number of imidazole rings is 1. The van der Waals surface area contributed by atoms with Gasteiger partial charge in [-0.3, -0.25) is 9.36 Å². The van der Waals surface area contributed by atoms with Gasteiger partial charge in [-0.2, -0.15) is 13.2 Å². The molecule has 7 heteroatoms. The third kappa shape index (κ3) is 4.92. The summed E-state index contributed by atoms with van der Waals surface area (Å²) in [5.74, 6) is -0.462. The minimum atomic E-state index is -4.37. The number of aliphatic hydroxyl groups is 1. The predicted molar refractivity (Wildman–Crippen MR) is 87.0 cm³/mol. The van der Waals surface area contributed by atoms with Crippen LogP contribution in [0, 0.1) is 5.92 Å². The summed E-state index contributed by atoms with van der Waals surface area (Å²) in [7, 11) is 0. The summed E-state index contributed by atoms with van der Waals surface area (Å²) in [4.78, 5) is 16.0.